The van der Waals surface area contributed by atoms with Crippen LogP contribution >= 0.6 is 24.2 Å². The Morgan fingerprint density at radius 3 is 2.92 bits per heavy atom. The van der Waals surface area contributed by atoms with Gasteiger partial charge in [0, 0.05) is 9.77 Å². The number of hydrogen-bond acceptors (Lipinski definition) is 1. The van der Waals surface area contributed by atoms with Crippen molar-refractivity contribution in [2.45, 2.75) is 30.9 Å². The average molecular weight is 213 g/mol. The van der Waals surface area contributed by atoms with Gasteiger partial charge in [0.2, 0.25) is 0 Å². The predicted molar refractivity (Wildman–Crippen MR) is 60.7 cm³/mol. The molecule has 1 atom stereocenters. The van der Waals surface area contributed by atoms with E-state index in [-0.39, 0.29) is 4.75 Å². The first kappa shape index (κ1) is 9.42. The van der Waals surface area contributed by atoms with Gasteiger partial charge in [-0.1, -0.05) is 23.7 Å². The summed E-state index contributed by atoms with van der Waals surface area (Å²) < 4.78 is 0.0124. The lowest BCUT2D eigenvalue weighted by molar-refractivity contribution is 0.549. The fourth-order valence-corrected chi connectivity index (χ4v) is 2.70. The van der Waals surface area contributed by atoms with Crippen LogP contribution < -0.4 is 0 Å². The maximum atomic E-state index is 6.14. The lowest BCUT2D eigenvalue weighted by atomic mass is 9.83. The minimum Gasteiger partial charge on any atom is -0.168 e. The van der Waals surface area contributed by atoms with Crippen molar-refractivity contribution in [3.8, 4) is 0 Å². The summed E-state index contributed by atoms with van der Waals surface area (Å²) in [5.74, 6) is 0. The SMILES string of the molecule is CC1(S)CCCc2c(Cl)cccc21. The molecule has 70 valence electrons. The highest BCUT2D eigenvalue weighted by Crippen LogP contribution is 2.42. The quantitative estimate of drug-likeness (QED) is 0.621. The summed E-state index contributed by atoms with van der Waals surface area (Å²) in [4.78, 5) is 0. The van der Waals surface area contributed by atoms with Crippen LogP contribution in [0, 0.1) is 0 Å². The molecule has 1 unspecified atom stereocenters. The lowest BCUT2D eigenvalue weighted by Crippen LogP contribution is -2.21. The number of halogens is 1. The van der Waals surface area contributed by atoms with E-state index in [1.807, 2.05) is 12.1 Å². The van der Waals surface area contributed by atoms with Gasteiger partial charge in [0.15, 0.2) is 0 Å². The Bertz CT molecular complexity index is 331. The molecule has 0 heterocycles. The van der Waals surface area contributed by atoms with Gasteiger partial charge in [0.05, 0.1) is 0 Å². The van der Waals surface area contributed by atoms with Crippen LogP contribution in [0.15, 0.2) is 18.2 Å². The van der Waals surface area contributed by atoms with Crippen molar-refractivity contribution in [3.05, 3.63) is 34.3 Å². The van der Waals surface area contributed by atoms with Crippen molar-refractivity contribution in [2.24, 2.45) is 0 Å². The van der Waals surface area contributed by atoms with Crippen LogP contribution in [0.5, 0.6) is 0 Å². The molecule has 1 aliphatic carbocycles. The Morgan fingerprint density at radius 1 is 1.46 bits per heavy atom. The Kier molecular flexibility index (Phi) is 2.33. The third-order valence-electron chi connectivity index (χ3n) is 2.79. The summed E-state index contributed by atoms with van der Waals surface area (Å²) in [6.07, 6.45) is 3.44. The average Bonchev–Trinajstić information content (AvgIpc) is 2.06. The molecule has 0 saturated carbocycles. The highest BCUT2D eigenvalue weighted by atomic mass is 35.5. The summed E-state index contributed by atoms with van der Waals surface area (Å²) in [6.45, 7) is 2.17. The first-order valence-electron chi connectivity index (χ1n) is 4.61. The first-order chi connectivity index (χ1) is 6.11. The van der Waals surface area contributed by atoms with Crippen molar-refractivity contribution >= 4 is 24.2 Å². The maximum Gasteiger partial charge on any atom is 0.0441 e. The van der Waals surface area contributed by atoms with Crippen molar-refractivity contribution in [2.75, 3.05) is 0 Å². The van der Waals surface area contributed by atoms with Crippen molar-refractivity contribution in [1.29, 1.82) is 0 Å². The van der Waals surface area contributed by atoms with Gasteiger partial charge >= 0.3 is 0 Å². The minimum atomic E-state index is 0.0124. The fourth-order valence-electron chi connectivity index (χ4n) is 2.06. The number of rotatable bonds is 0. The zero-order chi connectivity index (χ0) is 9.47. The van der Waals surface area contributed by atoms with Gasteiger partial charge in [-0.3, -0.25) is 0 Å². The van der Waals surface area contributed by atoms with E-state index in [4.69, 9.17) is 11.6 Å². The molecule has 1 aromatic rings. The van der Waals surface area contributed by atoms with Crippen molar-refractivity contribution in [3.63, 3.8) is 0 Å². The zero-order valence-corrected chi connectivity index (χ0v) is 9.33. The summed E-state index contributed by atoms with van der Waals surface area (Å²) in [6, 6.07) is 6.13. The van der Waals surface area contributed by atoms with Gasteiger partial charge in [0.1, 0.15) is 0 Å². The highest BCUT2D eigenvalue weighted by molar-refractivity contribution is 7.81. The van der Waals surface area contributed by atoms with E-state index in [0.29, 0.717) is 0 Å². The van der Waals surface area contributed by atoms with Crippen LogP contribution in [0.2, 0.25) is 5.02 Å². The van der Waals surface area contributed by atoms with Gasteiger partial charge in [-0.25, -0.2) is 0 Å². The Balaban J connectivity index is 2.58. The van der Waals surface area contributed by atoms with E-state index in [9.17, 15) is 0 Å². The summed E-state index contributed by atoms with van der Waals surface area (Å²) in [7, 11) is 0. The third kappa shape index (κ3) is 1.60. The summed E-state index contributed by atoms with van der Waals surface area (Å²) in [5, 5.41) is 0.900. The molecule has 0 aliphatic heterocycles. The van der Waals surface area contributed by atoms with Crippen LogP contribution in [-0.4, -0.2) is 0 Å². The van der Waals surface area contributed by atoms with Gasteiger partial charge in [-0.15, -0.1) is 0 Å². The normalized spacial score (nSPS) is 27.0. The molecule has 0 amide bonds. The van der Waals surface area contributed by atoms with Crippen LogP contribution in [0.3, 0.4) is 0 Å². The summed E-state index contributed by atoms with van der Waals surface area (Å²) in [5.41, 5.74) is 2.61. The van der Waals surface area contributed by atoms with E-state index in [1.165, 1.54) is 17.5 Å². The lowest BCUT2D eigenvalue weighted by Gasteiger charge is -2.31. The molecule has 0 N–H and O–H groups in total. The van der Waals surface area contributed by atoms with Crippen LogP contribution in [0.25, 0.3) is 0 Å². The second-order valence-electron chi connectivity index (χ2n) is 3.89. The zero-order valence-electron chi connectivity index (χ0n) is 7.68. The van der Waals surface area contributed by atoms with Crippen LogP contribution in [-0.2, 0) is 11.2 Å². The van der Waals surface area contributed by atoms with Crippen molar-refractivity contribution < 1.29 is 0 Å². The first-order valence-corrected chi connectivity index (χ1v) is 5.44. The van der Waals surface area contributed by atoms with Gasteiger partial charge in [-0.05, 0) is 43.4 Å². The largest absolute Gasteiger partial charge is 0.168 e. The fraction of sp³-hybridized carbons (Fsp3) is 0.455. The molecular formula is C11H13ClS. The Hall–Kier alpha value is -0.140. The van der Waals surface area contributed by atoms with Crippen LogP contribution in [0.1, 0.15) is 30.9 Å². The number of benzene rings is 1. The van der Waals surface area contributed by atoms with E-state index in [1.54, 1.807) is 0 Å². The Labute approximate surface area is 89.7 Å². The summed E-state index contributed by atoms with van der Waals surface area (Å²) >= 11 is 10.8. The molecule has 0 bridgehead atoms. The number of hydrogen-bond donors (Lipinski definition) is 1. The van der Waals surface area contributed by atoms with Gasteiger partial charge in [0.25, 0.3) is 0 Å². The molecule has 13 heavy (non-hydrogen) atoms. The van der Waals surface area contributed by atoms with Gasteiger partial charge in [-0.2, -0.15) is 12.6 Å². The maximum absolute atomic E-state index is 6.14. The molecule has 0 aromatic heterocycles. The van der Waals surface area contributed by atoms with E-state index >= 15 is 0 Å². The molecule has 0 spiro atoms. The molecule has 0 radical (unpaired) electrons. The van der Waals surface area contributed by atoms with E-state index in [2.05, 4.69) is 25.6 Å². The van der Waals surface area contributed by atoms with Crippen LogP contribution in [0.4, 0.5) is 0 Å². The molecule has 1 aromatic carbocycles. The second kappa shape index (κ2) is 3.21. The molecule has 2 heteroatoms. The van der Waals surface area contributed by atoms with E-state index in [0.717, 1.165) is 17.9 Å². The standard InChI is InChI=1S/C11H13ClS/c1-11(13)7-3-4-8-9(11)5-2-6-10(8)12/h2,5-6,13H,3-4,7H2,1H3. The molecule has 1 aliphatic rings. The molecular weight excluding hydrogens is 200 g/mol. The molecule has 2 rings (SSSR count). The highest BCUT2D eigenvalue weighted by Gasteiger charge is 2.28. The van der Waals surface area contributed by atoms with Crippen molar-refractivity contribution in [1.82, 2.24) is 0 Å². The molecule has 0 saturated heterocycles. The second-order valence-corrected chi connectivity index (χ2v) is 5.29. The Morgan fingerprint density at radius 2 is 2.23 bits per heavy atom. The number of fused-ring (bicyclic) bond motifs is 1. The number of thiol groups is 1. The topological polar surface area (TPSA) is 0 Å². The smallest absolute Gasteiger partial charge is 0.0441 e. The predicted octanol–water partition coefficient (Wildman–Crippen LogP) is 3.82. The minimum absolute atomic E-state index is 0.0124. The third-order valence-corrected chi connectivity index (χ3v) is 3.61. The van der Waals surface area contributed by atoms with E-state index < -0.39 is 0 Å². The molecule has 0 fully saturated rings. The molecule has 0 nitrogen and oxygen atoms in total. The van der Waals surface area contributed by atoms with Gasteiger partial charge < -0.3 is 0 Å². The monoisotopic (exact) mass is 212 g/mol.